The van der Waals surface area contributed by atoms with E-state index in [4.69, 9.17) is 5.73 Å². The summed E-state index contributed by atoms with van der Waals surface area (Å²) in [6.45, 7) is 3.19. The van der Waals surface area contributed by atoms with Crippen molar-refractivity contribution >= 4 is 11.8 Å². The SMILES string of the molecule is CC1CCC(CN)C(Sc2nnc(C3CC3)n2C2CC2)C1. The van der Waals surface area contributed by atoms with Crippen molar-refractivity contribution < 1.29 is 0 Å². The fourth-order valence-electron chi connectivity index (χ4n) is 3.61. The molecule has 3 saturated carbocycles. The van der Waals surface area contributed by atoms with Gasteiger partial charge in [0.2, 0.25) is 0 Å². The molecule has 0 bridgehead atoms. The van der Waals surface area contributed by atoms with E-state index in [0.29, 0.717) is 23.1 Å². The lowest BCUT2D eigenvalue weighted by molar-refractivity contribution is 0.305. The Hall–Kier alpha value is -0.550. The van der Waals surface area contributed by atoms with Gasteiger partial charge in [0.05, 0.1) is 0 Å². The van der Waals surface area contributed by atoms with Crippen LogP contribution in [0.5, 0.6) is 0 Å². The third-order valence-corrected chi connectivity index (χ3v) is 6.66. The summed E-state index contributed by atoms with van der Waals surface area (Å²) in [6, 6.07) is 0.690. The van der Waals surface area contributed by atoms with Crippen molar-refractivity contribution in [3.05, 3.63) is 5.82 Å². The fraction of sp³-hybridized carbons (Fsp3) is 0.875. The third-order valence-electron chi connectivity index (χ3n) is 5.30. The van der Waals surface area contributed by atoms with Gasteiger partial charge >= 0.3 is 0 Å². The molecule has 1 heterocycles. The summed E-state index contributed by atoms with van der Waals surface area (Å²) in [4.78, 5) is 0. The second kappa shape index (κ2) is 5.58. The van der Waals surface area contributed by atoms with Crippen LogP contribution in [0.1, 0.15) is 69.7 Å². The number of nitrogens with zero attached hydrogens (tertiary/aromatic N) is 3. The normalized spacial score (nSPS) is 33.3. The van der Waals surface area contributed by atoms with Crippen molar-refractivity contribution in [3.63, 3.8) is 0 Å². The van der Waals surface area contributed by atoms with E-state index >= 15 is 0 Å². The highest BCUT2D eigenvalue weighted by atomic mass is 32.2. The topological polar surface area (TPSA) is 56.7 Å². The Balaban J connectivity index is 1.55. The van der Waals surface area contributed by atoms with E-state index < -0.39 is 0 Å². The highest BCUT2D eigenvalue weighted by molar-refractivity contribution is 7.99. The van der Waals surface area contributed by atoms with E-state index in [1.54, 1.807) is 0 Å². The van der Waals surface area contributed by atoms with Gasteiger partial charge < -0.3 is 10.3 Å². The average Bonchev–Trinajstić information content (AvgIpc) is 3.39. The molecule has 116 valence electrons. The van der Waals surface area contributed by atoms with Crippen LogP contribution in [0.2, 0.25) is 0 Å². The molecule has 1 aromatic rings. The van der Waals surface area contributed by atoms with Crippen molar-refractivity contribution in [1.29, 1.82) is 0 Å². The van der Waals surface area contributed by atoms with Gasteiger partial charge in [0, 0.05) is 17.2 Å². The Kier molecular flexibility index (Phi) is 3.74. The molecule has 1 aromatic heterocycles. The summed E-state index contributed by atoms with van der Waals surface area (Å²) in [7, 11) is 0. The summed E-state index contributed by atoms with van der Waals surface area (Å²) >= 11 is 1.97. The summed E-state index contributed by atoms with van der Waals surface area (Å²) in [6.07, 6.45) is 9.13. The molecule has 0 aliphatic heterocycles. The first-order valence-corrected chi connectivity index (χ1v) is 9.45. The van der Waals surface area contributed by atoms with Gasteiger partial charge in [0.15, 0.2) is 5.16 Å². The van der Waals surface area contributed by atoms with E-state index in [1.165, 1.54) is 55.9 Å². The standard InChI is InChI=1S/C16H26N4S/c1-10-2-3-12(9-17)14(8-10)21-16-19-18-15(11-4-5-11)20(16)13-6-7-13/h10-14H,2-9,17H2,1H3. The molecule has 4 rings (SSSR count). The predicted molar refractivity (Wildman–Crippen MR) is 85.5 cm³/mol. The molecule has 3 fully saturated rings. The first kappa shape index (κ1) is 14.1. The molecule has 3 aliphatic rings. The predicted octanol–water partition coefficient (Wildman–Crippen LogP) is 3.35. The first-order valence-electron chi connectivity index (χ1n) is 8.57. The van der Waals surface area contributed by atoms with Gasteiger partial charge in [0.1, 0.15) is 5.82 Å². The number of rotatable bonds is 5. The van der Waals surface area contributed by atoms with Crippen LogP contribution in [0.3, 0.4) is 0 Å². The van der Waals surface area contributed by atoms with Gasteiger partial charge in [-0.2, -0.15) is 0 Å². The minimum absolute atomic E-state index is 0.632. The molecule has 3 unspecified atom stereocenters. The molecule has 2 N–H and O–H groups in total. The monoisotopic (exact) mass is 306 g/mol. The van der Waals surface area contributed by atoms with Crippen molar-refractivity contribution in [3.8, 4) is 0 Å². The van der Waals surface area contributed by atoms with E-state index in [9.17, 15) is 0 Å². The van der Waals surface area contributed by atoms with Crippen LogP contribution in [0.4, 0.5) is 0 Å². The molecule has 0 saturated heterocycles. The second-order valence-corrected chi connectivity index (χ2v) is 8.49. The van der Waals surface area contributed by atoms with Crippen LogP contribution in [-0.4, -0.2) is 26.6 Å². The Morgan fingerprint density at radius 2 is 1.95 bits per heavy atom. The van der Waals surface area contributed by atoms with Gasteiger partial charge in [-0.25, -0.2) is 0 Å². The van der Waals surface area contributed by atoms with E-state index in [2.05, 4.69) is 21.7 Å². The molecule has 5 heteroatoms. The Morgan fingerprint density at radius 1 is 1.14 bits per heavy atom. The lowest BCUT2D eigenvalue weighted by atomic mass is 9.82. The van der Waals surface area contributed by atoms with E-state index in [0.717, 1.165) is 12.5 Å². The lowest BCUT2D eigenvalue weighted by Gasteiger charge is -2.33. The number of hydrogen-bond acceptors (Lipinski definition) is 4. The highest BCUT2D eigenvalue weighted by Gasteiger charge is 2.38. The van der Waals surface area contributed by atoms with Crippen molar-refractivity contribution in [2.45, 2.75) is 74.2 Å². The van der Waals surface area contributed by atoms with Gasteiger partial charge in [-0.3, -0.25) is 0 Å². The minimum Gasteiger partial charge on any atom is -0.330 e. The van der Waals surface area contributed by atoms with Crippen molar-refractivity contribution in [1.82, 2.24) is 14.8 Å². The molecule has 0 amide bonds. The second-order valence-electron chi connectivity index (χ2n) is 7.29. The third kappa shape index (κ3) is 2.87. The molecule has 4 nitrogen and oxygen atoms in total. The molecule has 3 atom stereocenters. The molecule has 21 heavy (non-hydrogen) atoms. The maximum Gasteiger partial charge on any atom is 0.191 e. The van der Waals surface area contributed by atoms with Crippen LogP contribution in [0.25, 0.3) is 0 Å². The maximum absolute atomic E-state index is 6.01. The zero-order valence-corrected chi connectivity index (χ0v) is 13.7. The number of hydrogen-bond donors (Lipinski definition) is 1. The van der Waals surface area contributed by atoms with Crippen LogP contribution >= 0.6 is 11.8 Å². The zero-order valence-electron chi connectivity index (χ0n) is 12.9. The first-order chi connectivity index (χ1) is 10.3. The molecular formula is C16H26N4S. The summed E-state index contributed by atoms with van der Waals surface area (Å²) < 4.78 is 2.48. The maximum atomic E-state index is 6.01. The van der Waals surface area contributed by atoms with E-state index in [1.807, 2.05) is 11.8 Å². The van der Waals surface area contributed by atoms with Crippen LogP contribution in [0.15, 0.2) is 5.16 Å². The highest BCUT2D eigenvalue weighted by Crippen LogP contribution is 2.47. The fourth-order valence-corrected chi connectivity index (χ4v) is 5.18. The Labute approximate surface area is 131 Å². The number of aromatic nitrogens is 3. The van der Waals surface area contributed by atoms with Gasteiger partial charge in [-0.15, -0.1) is 10.2 Å². The van der Waals surface area contributed by atoms with Crippen LogP contribution in [-0.2, 0) is 0 Å². The van der Waals surface area contributed by atoms with Crippen molar-refractivity contribution in [2.75, 3.05) is 6.54 Å². The Bertz CT molecular complexity index is 506. The molecule has 3 aliphatic carbocycles. The molecule has 0 spiro atoms. The van der Waals surface area contributed by atoms with Gasteiger partial charge in [0.25, 0.3) is 0 Å². The summed E-state index contributed by atoms with van der Waals surface area (Å²) in [5.41, 5.74) is 6.01. The minimum atomic E-state index is 0.632. The van der Waals surface area contributed by atoms with Crippen LogP contribution in [0, 0.1) is 11.8 Å². The van der Waals surface area contributed by atoms with Crippen LogP contribution < -0.4 is 5.73 Å². The summed E-state index contributed by atoms with van der Waals surface area (Å²) in [5.74, 6) is 3.45. The quantitative estimate of drug-likeness (QED) is 0.906. The summed E-state index contributed by atoms with van der Waals surface area (Å²) in [5, 5.41) is 10.9. The Morgan fingerprint density at radius 3 is 2.62 bits per heavy atom. The van der Waals surface area contributed by atoms with E-state index in [-0.39, 0.29) is 0 Å². The lowest BCUT2D eigenvalue weighted by Crippen LogP contribution is -2.32. The number of thioether (sulfide) groups is 1. The average molecular weight is 306 g/mol. The smallest absolute Gasteiger partial charge is 0.191 e. The van der Waals surface area contributed by atoms with Gasteiger partial charge in [-0.05, 0) is 56.9 Å². The zero-order chi connectivity index (χ0) is 14.4. The number of nitrogens with two attached hydrogens (primary N) is 1. The molecule has 0 radical (unpaired) electrons. The molecule has 0 aromatic carbocycles. The van der Waals surface area contributed by atoms with Gasteiger partial charge in [-0.1, -0.05) is 25.1 Å². The molecular weight excluding hydrogens is 280 g/mol. The van der Waals surface area contributed by atoms with Crippen molar-refractivity contribution in [2.24, 2.45) is 17.6 Å². The largest absolute Gasteiger partial charge is 0.330 e.